The fourth-order valence-corrected chi connectivity index (χ4v) is 4.87. The third-order valence-electron chi connectivity index (χ3n) is 5.60. The van der Waals surface area contributed by atoms with Crippen molar-refractivity contribution in [3.63, 3.8) is 0 Å². The summed E-state index contributed by atoms with van der Waals surface area (Å²) in [7, 11) is 1.51. The predicted molar refractivity (Wildman–Crippen MR) is 151 cm³/mol. The van der Waals surface area contributed by atoms with Crippen LogP contribution < -0.4 is 10.6 Å². The molecule has 2 aromatic carbocycles. The fraction of sp³-hybridized carbons (Fsp3) is 0.333. The van der Waals surface area contributed by atoms with Gasteiger partial charge in [0.1, 0.15) is 6.54 Å². The maximum absolute atomic E-state index is 13.0. The van der Waals surface area contributed by atoms with Crippen molar-refractivity contribution in [3.8, 4) is 0 Å². The summed E-state index contributed by atoms with van der Waals surface area (Å²) in [6.07, 6.45) is 1.81. The third-order valence-corrected chi connectivity index (χ3v) is 6.96. The molecule has 3 amide bonds. The van der Waals surface area contributed by atoms with Gasteiger partial charge < -0.3 is 20.3 Å². The van der Waals surface area contributed by atoms with Crippen LogP contribution in [0.1, 0.15) is 35.0 Å². The SMILES string of the molecule is COCCN(CC(=O)Nc1nc(CC(=O)NC(C)CCc2ccccc2)cs1)C(=O)c1ccc(Cl)cc1Cl. The lowest BCUT2D eigenvalue weighted by atomic mass is 10.1. The maximum atomic E-state index is 13.0. The summed E-state index contributed by atoms with van der Waals surface area (Å²) < 4.78 is 5.09. The molecule has 0 radical (unpaired) electrons. The Bertz CT molecular complexity index is 1240. The van der Waals surface area contributed by atoms with Crippen LogP contribution in [0.25, 0.3) is 0 Å². The van der Waals surface area contributed by atoms with Gasteiger partial charge in [0.05, 0.1) is 29.3 Å². The number of nitrogens with one attached hydrogen (secondary N) is 2. The van der Waals surface area contributed by atoms with Crippen molar-refractivity contribution in [3.05, 3.63) is 80.8 Å². The van der Waals surface area contributed by atoms with Gasteiger partial charge in [-0.25, -0.2) is 4.98 Å². The fourth-order valence-electron chi connectivity index (χ4n) is 3.66. The van der Waals surface area contributed by atoms with Gasteiger partial charge in [0, 0.05) is 30.1 Å². The minimum absolute atomic E-state index is 0.0188. The van der Waals surface area contributed by atoms with E-state index in [9.17, 15) is 14.4 Å². The molecule has 38 heavy (non-hydrogen) atoms. The Morgan fingerprint density at radius 2 is 1.87 bits per heavy atom. The number of ether oxygens (including phenoxy) is 1. The van der Waals surface area contributed by atoms with Gasteiger partial charge in [-0.05, 0) is 43.5 Å². The number of amides is 3. The maximum Gasteiger partial charge on any atom is 0.255 e. The van der Waals surface area contributed by atoms with Gasteiger partial charge in [-0.3, -0.25) is 14.4 Å². The van der Waals surface area contributed by atoms with Crippen LogP contribution in [-0.2, 0) is 27.2 Å². The number of aromatic nitrogens is 1. The highest BCUT2D eigenvalue weighted by molar-refractivity contribution is 7.13. The largest absolute Gasteiger partial charge is 0.383 e. The molecule has 1 aromatic heterocycles. The molecule has 0 saturated carbocycles. The molecule has 3 aromatic rings. The number of benzene rings is 2. The zero-order valence-corrected chi connectivity index (χ0v) is 23.5. The van der Waals surface area contributed by atoms with Crippen LogP contribution in [0.15, 0.2) is 53.9 Å². The first-order valence-electron chi connectivity index (χ1n) is 12.1. The van der Waals surface area contributed by atoms with Crippen LogP contribution >= 0.6 is 34.5 Å². The molecule has 1 unspecified atom stereocenters. The lowest BCUT2D eigenvalue weighted by Gasteiger charge is -2.22. The number of aryl methyl sites for hydroxylation is 1. The van der Waals surface area contributed by atoms with Gasteiger partial charge >= 0.3 is 0 Å². The van der Waals surface area contributed by atoms with Crippen LogP contribution in [0, 0.1) is 0 Å². The Morgan fingerprint density at radius 1 is 1.11 bits per heavy atom. The molecule has 0 saturated heterocycles. The van der Waals surface area contributed by atoms with Gasteiger partial charge in [-0.2, -0.15) is 0 Å². The van der Waals surface area contributed by atoms with Gasteiger partial charge in [0.15, 0.2) is 5.13 Å². The minimum Gasteiger partial charge on any atom is -0.383 e. The summed E-state index contributed by atoms with van der Waals surface area (Å²) in [4.78, 5) is 43.9. The molecule has 0 fully saturated rings. The number of halogens is 2. The van der Waals surface area contributed by atoms with Gasteiger partial charge in [-0.1, -0.05) is 53.5 Å². The first kappa shape index (κ1) is 29.6. The second-order valence-electron chi connectivity index (χ2n) is 8.71. The van der Waals surface area contributed by atoms with E-state index in [0.29, 0.717) is 15.8 Å². The van der Waals surface area contributed by atoms with E-state index < -0.39 is 11.8 Å². The molecule has 0 aliphatic heterocycles. The van der Waals surface area contributed by atoms with E-state index >= 15 is 0 Å². The Labute approximate surface area is 236 Å². The van der Waals surface area contributed by atoms with Crippen LogP contribution in [0.3, 0.4) is 0 Å². The van der Waals surface area contributed by atoms with E-state index in [-0.39, 0.29) is 48.7 Å². The Kier molecular flexibility index (Phi) is 11.5. The second-order valence-corrected chi connectivity index (χ2v) is 10.4. The Morgan fingerprint density at radius 3 is 2.58 bits per heavy atom. The third kappa shape index (κ3) is 9.40. The van der Waals surface area contributed by atoms with Gasteiger partial charge in [0.2, 0.25) is 11.8 Å². The molecule has 8 nitrogen and oxygen atoms in total. The summed E-state index contributed by atoms with van der Waals surface area (Å²) in [6, 6.07) is 14.7. The smallest absolute Gasteiger partial charge is 0.255 e. The molecule has 202 valence electrons. The standard InChI is InChI=1S/C27H30Cl2N4O4S/c1-18(8-9-19-6-4-3-5-7-19)30-24(34)15-21-17-38-27(31-21)32-25(35)16-33(12-13-37-2)26(36)22-11-10-20(28)14-23(22)29/h3-7,10-11,14,17-18H,8-9,12-13,15-16H2,1-2H3,(H,30,34)(H,31,32,35). The minimum atomic E-state index is -0.431. The molecule has 2 N–H and O–H groups in total. The molecule has 11 heteroatoms. The monoisotopic (exact) mass is 576 g/mol. The molecule has 1 heterocycles. The lowest BCUT2D eigenvalue weighted by Crippen LogP contribution is -2.40. The first-order chi connectivity index (χ1) is 18.2. The number of hydrogen-bond acceptors (Lipinski definition) is 6. The Balaban J connectivity index is 1.51. The topological polar surface area (TPSA) is 101 Å². The molecule has 0 aliphatic carbocycles. The van der Waals surface area contributed by atoms with E-state index in [1.807, 2.05) is 25.1 Å². The van der Waals surface area contributed by atoms with Crippen molar-refractivity contribution < 1.29 is 19.1 Å². The second kappa shape index (κ2) is 14.8. The number of hydrogen-bond donors (Lipinski definition) is 2. The van der Waals surface area contributed by atoms with E-state index in [2.05, 4.69) is 27.8 Å². The molecule has 3 rings (SSSR count). The Hall–Kier alpha value is -2.98. The van der Waals surface area contributed by atoms with Crippen molar-refractivity contribution in [2.75, 3.05) is 32.1 Å². The van der Waals surface area contributed by atoms with Crippen molar-refractivity contribution >= 4 is 57.4 Å². The van der Waals surface area contributed by atoms with E-state index in [1.165, 1.54) is 41.0 Å². The van der Waals surface area contributed by atoms with Crippen molar-refractivity contribution in [2.45, 2.75) is 32.2 Å². The van der Waals surface area contributed by atoms with Crippen LogP contribution in [-0.4, -0.2) is 60.5 Å². The van der Waals surface area contributed by atoms with Gasteiger partial charge in [0.25, 0.3) is 5.91 Å². The quantitative estimate of drug-likeness (QED) is 0.302. The van der Waals surface area contributed by atoms with Crippen LogP contribution in [0.5, 0.6) is 0 Å². The molecular weight excluding hydrogens is 547 g/mol. The van der Waals surface area contributed by atoms with Crippen molar-refractivity contribution in [2.24, 2.45) is 0 Å². The zero-order valence-electron chi connectivity index (χ0n) is 21.2. The number of nitrogens with zero attached hydrogens (tertiary/aromatic N) is 2. The number of rotatable bonds is 13. The van der Waals surface area contributed by atoms with Crippen molar-refractivity contribution in [1.29, 1.82) is 0 Å². The van der Waals surface area contributed by atoms with E-state index in [0.717, 1.165) is 12.8 Å². The highest BCUT2D eigenvalue weighted by atomic mass is 35.5. The highest BCUT2D eigenvalue weighted by Crippen LogP contribution is 2.22. The average molecular weight is 578 g/mol. The van der Waals surface area contributed by atoms with Crippen molar-refractivity contribution in [1.82, 2.24) is 15.2 Å². The summed E-state index contributed by atoms with van der Waals surface area (Å²) in [5.41, 5.74) is 2.02. The van der Waals surface area contributed by atoms with Gasteiger partial charge in [-0.15, -0.1) is 11.3 Å². The predicted octanol–water partition coefficient (Wildman–Crippen LogP) is 4.86. The molecule has 0 spiro atoms. The molecule has 0 aliphatic rings. The number of anilines is 1. The summed E-state index contributed by atoms with van der Waals surface area (Å²) in [5, 5.41) is 8.37. The summed E-state index contributed by atoms with van der Waals surface area (Å²) >= 11 is 13.3. The molecule has 1 atom stereocenters. The number of methoxy groups -OCH3 is 1. The number of thiazole rings is 1. The molecular formula is C27H30Cl2N4O4S. The normalized spacial score (nSPS) is 11.6. The summed E-state index contributed by atoms with van der Waals surface area (Å²) in [6.45, 7) is 2.18. The van der Waals surface area contributed by atoms with E-state index in [4.69, 9.17) is 27.9 Å². The zero-order chi connectivity index (χ0) is 27.5. The van der Waals surface area contributed by atoms with E-state index in [1.54, 1.807) is 11.4 Å². The highest BCUT2D eigenvalue weighted by Gasteiger charge is 2.22. The average Bonchev–Trinajstić information content (AvgIpc) is 3.31. The molecule has 0 bridgehead atoms. The van der Waals surface area contributed by atoms with Crippen LogP contribution in [0.2, 0.25) is 10.0 Å². The lowest BCUT2D eigenvalue weighted by molar-refractivity contribution is -0.121. The first-order valence-corrected chi connectivity index (χ1v) is 13.7. The number of carbonyl (C=O) groups is 3. The van der Waals surface area contributed by atoms with Crippen LogP contribution in [0.4, 0.5) is 5.13 Å². The summed E-state index contributed by atoms with van der Waals surface area (Å²) in [5.74, 6) is -0.985. The number of carbonyl (C=O) groups excluding carboxylic acids is 3.